The monoisotopic (exact) mass is 323 g/mol. The fourth-order valence-electron chi connectivity index (χ4n) is 1.88. The molecule has 0 aliphatic rings. The predicted molar refractivity (Wildman–Crippen MR) is 92.8 cm³/mol. The standard InChI is InChI=1S/C16H17N7O/c1-10(24)19-13-6-4-11(5-7-13)8-12(9-17)14-20-15(18)22-16(21-14)23(2)3/h4-8H,1-3H3,(H,19,24)(H2,18,20,21,22)/b12-8+. The summed E-state index contributed by atoms with van der Waals surface area (Å²) in [6.45, 7) is 1.44. The van der Waals surface area contributed by atoms with Gasteiger partial charge in [0, 0.05) is 26.7 Å². The summed E-state index contributed by atoms with van der Waals surface area (Å²) in [7, 11) is 3.55. The molecule has 0 unspecified atom stereocenters. The van der Waals surface area contributed by atoms with Crippen LogP contribution in [0.2, 0.25) is 0 Å². The van der Waals surface area contributed by atoms with Crippen molar-refractivity contribution >= 4 is 35.1 Å². The second kappa shape index (κ2) is 7.19. The Morgan fingerprint density at radius 3 is 2.46 bits per heavy atom. The number of anilines is 3. The Hall–Kier alpha value is -3.47. The number of nitrogens with one attached hydrogen (secondary N) is 1. The number of carbonyl (C=O) groups excluding carboxylic acids is 1. The Kier molecular flexibility index (Phi) is 5.06. The summed E-state index contributed by atoms with van der Waals surface area (Å²) in [5, 5.41) is 12.1. The molecule has 8 heteroatoms. The largest absolute Gasteiger partial charge is 0.368 e. The number of rotatable bonds is 4. The van der Waals surface area contributed by atoms with Gasteiger partial charge in [0.15, 0.2) is 5.82 Å². The molecule has 1 aromatic carbocycles. The number of nitrogens with zero attached hydrogens (tertiary/aromatic N) is 5. The highest BCUT2D eigenvalue weighted by Crippen LogP contribution is 2.18. The summed E-state index contributed by atoms with van der Waals surface area (Å²) in [5.41, 5.74) is 7.39. The van der Waals surface area contributed by atoms with Gasteiger partial charge in [-0.3, -0.25) is 4.79 Å². The molecule has 122 valence electrons. The SMILES string of the molecule is CC(=O)Nc1ccc(/C=C(\C#N)c2nc(N)nc(N(C)C)n2)cc1. The van der Waals surface area contributed by atoms with E-state index in [4.69, 9.17) is 5.73 Å². The second-order valence-corrected chi connectivity index (χ2v) is 5.18. The molecule has 0 aliphatic carbocycles. The molecule has 0 fully saturated rings. The molecule has 2 aromatic rings. The van der Waals surface area contributed by atoms with Crippen LogP contribution < -0.4 is 16.0 Å². The number of amides is 1. The number of aromatic nitrogens is 3. The Balaban J connectivity index is 2.36. The maximum Gasteiger partial charge on any atom is 0.230 e. The van der Waals surface area contributed by atoms with Gasteiger partial charge in [0.1, 0.15) is 6.07 Å². The van der Waals surface area contributed by atoms with Gasteiger partial charge in [-0.25, -0.2) is 0 Å². The van der Waals surface area contributed by atoms with Crippen LogP contribution >= 0.6 is 0 Å². The van der Waals surface area contributed by atoms with Crippen molar-refractivity contribution in [2.45, 2.75) is 6.92 Å². The number of hydrogen-bond donors (Lipinski definition) is 2. The van der Waals surface area contributed by atoms with Crippen LogP contribution in [0, 0.1) is 11.3 Å². The van der Waals surface area contributed by atoms with Gasteiger partial charge in [0.25, 0.3) is 0 Å². The second-order valence-electron chi connectivity index (χ2n) is 5.18. The molecule has 24 heavy (non-hydrogen) atoms. The first-order chi connectivity index (χ1) is 11.4. The highest BCUT2D eigenvalue weighted by atomic mass is 16.1. The first-order valence-electron chi connectivity index (χ1n) is 7.07. The molecule has 8 nitrogen and oxygen atoms in total. The molecule has 0 bridgehead atoms. The predicted octanol–water partition coefficient (Wildman–Crippen LogP) is 1.54. The molecule has 1 aromatic heterocycles. The first kappa shape index (κ1) is 16.9. The molecule has 0 atom stereocenters. The third kappa shape index (κ3) is 4.27. The van der Waals surface area contributed by atoms with Crippen LogP contribution in [0.1, 0.15) is 18.3 Å². The zero-order chi connectivity index (χ0) is 17.7. The van der Waals surface area contributed by atoms with Crippen molar-refractivity contribution in [2.24, 2.45) is 0 Å². The topological polar surface area (TPSA) is 121 Å². The van der Waals surface area contributed by atoms with Gasteiger partial charge in [0.2, 0.25) is 17.8 Å². The third-order valence-electron chi connectivity index (χ3n) is 2.94. The Morgan fingerprint density at radius 1 is 1.25 bits per heavy atom. The minimum Gasteiger partial charge on any atom is -0.368 e. The number of carbonyl (C=O) groups is 1. The van der Waals surface area contributed by atoms with E-state index in [2.05, 4.69) is 26.3 Å². The Morgan fingerprint density at radius 2 is 1.92 bits per heavy atom. The molecule has 0 aliphatic heterocycles. The van der Waals surface area contributed by atoms with Gasteiger partial charge in [-0.05, 0) is 23.8 Å². The lowest BCUT2D eigenvalue weighted by molar-refractivity contribution is -0.114. The minimum atomic E-state index is -0.145. The lowest BCUT2D eigenvalue weighted by Gasteiger charge is -2.11. The van der Waals surface area contributed by atoms with Gasteiger partial charge < -0.3 is 16.0 Å². The quantitative estimate of drug-likeness (QED) is 0.818. The van der Waals surface area contributed by atoms with E-state index in [1.54, 1.807) is 49.3 Å². The van der Waals surface area contributed by atoms with E-state index in [0.29, 0.717) is 11.6 Å². The molecule has 1 heterocycles. The molecule has 0 saturated heterocycles. The van der Waals surface area contributed by atoms with E-state index < -0.39 is 0 Å². The number of allylic oxidation sites excluding steroid dienone is 1. The van der Waals surface area contributed by atoms with Crippen LogP contribution in [0.3, 0.4) is 0 Å². The van der Waals surface area contributed by atoms with Gasteiger partial charge in [-0.1, -0.05) is 12.1 Å². The third-order valence-corrected chi connectivity index (χ3v) is 2.94. The van der Waals surface area contributed by atoms with Crippen LogP contribution in [-0.2, 0) is 4.79 Å². The van der Waals surface area contributed by atoms with Crippen LogP contribution in [-0.4, -0.2) is 35.0 Å². The molecule has 2 rings (SSSR count). The number of nitrogens with two attached hydrogens (primary N) is 1. The first-order valence-corrected chi connectivity index (χ1v) is 7.07. The van der Waals surface area contributed by atoms with Crippen molar-refractivity contribution in [3.05, 3.63) is 35.7 Å². The molecular weight excluding hydrogens is 306 g/mol. The van der Waals surface area contributed by atoms with E-state index in [-0.39, 0.29) is 23.3 Å². The van der Waals surface area contributed by atoms with Gasteiger partial charge >= 0.3 is 0 Å². The van der Waals surface area contributed by atoms with E-state index in [0.717, 1.165) is 5.56 Å². The van der Waals surface area contributed by atoms with Crippen LogP contribution in [0.4, 0.5) is 17.6 Å². The van der Waals surface area contributed by atoms with E-state index in [1.165, 1.54) is 6.92 Å². The van der Waals surface area contributed by atoms with Gasteiger partial charge in [0.05, 0.1) is 5.57 Å². The molecule has 1 amide bonds. The fourth-order valence-corrected chi connectivity index (χ4v) is 1.88. The normalized spacial score (nSPS) is 10.8. The van der Waals surface area contributed by atoms with Crippen molar-refractivity contribution in [2.75, 3.05) is 30.0 Å². The molecular formula is C16H17N7O. The number of nitriles is 1. The summed E-state index contributed by atoms with van der Waals surface area (Å²) in [6, 6.07) is 9.12. The van der Waals surface area contributed by atoms with E-state index in [9.17, 15) is 10.1 Å². The number of nitrogen functional groups attached to an aromatic ring is 1. The Labute approximate surface area is 139 Å². The van der Waals surface area contributed by atoms with E-state index in [1.807, 2.05) is 0 Å². The summed E-state index contributed by atoms with van der Waals surface area (Å²) in [6.07, 6.45) is 1.64. The van der Waals surface area contributed by atoms with Crippen molar-refractivity contribution in [1.29, 1.82) is 5.26 Å². The summed E-state index contributed by atoms with van der Waals surface area (Å²) in [5.74, 6) is 0.484. The molecule has 3 N–H and O–H groups in total. The number of hydrogen-bond acceptors (Lipinski definition) is 7. The van der Waals surface area contributed by atoms with Crippen molar-refractivity contribution < 1.29 is 4.79 Å². The van der Waals surface area contributed by atoms with E-state index >= 15 is 0 Å². The van der Waals surface area contributed by atoms with Crippen molar-refractivity contribution in [3.63, 3.8) is 0 Å². The number of benzene rings is 1. The smallest absolute Gasteiger partial charge is 0.230 e. The minimum absolute atomic E-state index is 0.0471. The molecule has 0 saturated carbocycles. The summed E-state index contributed by atoms with van der Waals surface area (Å²) < 4.78 is 0. The average molecular weight is 323 g/mol. The highest BCUT2D eigenvalue weighted by Gasteiger charge is 2.10. The zero-order valence-corrected chi connectivity index (χ0v) is 13.6. The molecule has 0 radical (unpaired) electrons. The highest BCUT2D eigenvalue weighted by molar-refractivity contribution is 5.90. The van der Waals surface area contributed by atoms with Crippen molar-refractivity contribution in [3.8, 4) is 6.07 Å². The van der Waals surface area contributed by atoms with Crippen molar-refractivity contribution in [1.82, 2.24) is 15.0 Å². The maximum atomic E-state index is 11.0. The maximum absolute atomic E-state index is 11.0. The molecule has 0 spiro atoms. The lowest BCUT2D eigenvalue weighted by Crippen LogP contribution is -2.15. The van der Waals surface area contributed by atoms with Crippen LogP contribution in [0.5, 0.6) is 0 Å². The summed E-state index contributed by atoms with van der Waals surface area (Å²) in [4.78, 5) is 25.0. The van der Waals surface area contributed by atoms with Crippen LogP contribution in [0.15, 0.2) is 24.3 Å². The van der Waals surface area contributed by atoms with Crippen LogP contribution in [0.25, 0.3) is 11.6 Å². The fraction of sp³-hybridized carbons (Fsp3) is 0.188. The van der Waals surface area contributed by atoms with Gasteiger partial charge in [-0.15, -0.1) is 0 Å². The van der Waals surface area contributed by atoms with Gasteiger partial charge in [-0.2, -0.15) is 20.2 Å². The summed E-state index contributed by atoms with van der Waals surface area (Å²) >= 11 is 0. The lowest BCUT2D eigenvalue weighted by atomic mass is 10.1. The average Bonchev–Trinajstić information content (AvgIpc) is 2.53. The zero-order valence-electron chi connectivity index (χ0n) is 13.6. The Bertz CT molecular complexity index is 819.